The molecule has 22 heavy (non-hydrogen) atoms. The average Bonchev–Trinajstić information content (AvgIpc) is 3.22. The first kappa shape index (κ1) is 14.2. The van der Waals surface area contributed by atoms with Crippen LogP contribution in [-0.2, 0) is 20.9 Å². The van der Waals surface area contributed by atoms with Crippen LogP contribution in [0.1, 0.15) is 12.8 Å². The van der Waals surface area contributed by atoms with E-state index >= 15 is 0 Å². The highest BCUT2D eigenvalue weighted by Crippen LogP contribution is 2.18. The molecule has 1 aliphatic carbocycles. The average molecular weight is 301 g/mol. The van der Waals surface area contributed by atoms with Crippen molar-refractivity contribution in [1.29, 1.82) is 0 Å². The first-order chi connectivity index (χ1) is 10.7. The molecule has 8 nitrogen and oxygen atoms in total. The summed E-state index contributed by atoms with van der Waals surface area (Å²) in [6.45, 7) is -0.466. The minimum absolute atomic E-state index is 0.184. The van der Waals surface area contributed by atoms with Crippen LogP contribution in [0.25, 0.3) is 11.4 Å². The Morgan fingerprint density at radius 2 is 2.05 bits per heavy atom. The van der Waals surface area contributed by atoms with Crippen molar-refractivity contribution in [2.24, 2.45) is 0 Å². The van der Waals surface area contributed by atoms with Gasteiger partial charge in [-0.05, 0) is 18.1 Å². The van der Waals surface area contributed by atoms with Gasteiger partial charge in [0.1, 0.15) is 0 Å². The van der Waals surface area contributed by atoms with Gasteiger partial charge in [-0.2, -0.15) is 4.80 Å². The van der Waals surface area contributed by atoms with Crippen molar-refractivity contribution in [3.8, 4) is 11.4 Å². The van der Waals surface area contributed by atoms with E-state index in [0.717, 1.165) is 23.2 Å². The van der Waals surface area contributed by atoms with Crippen molar-refractivity contribution < 1.29 is 14.3 Å². The number of ether oxygens (including phenoxy) is 1. The molecule has 1 N–H and O–H groups in total. The standard InChI is InChI=1S/C14H15N5O3/c20-12(15-11-6-7-11)9-22-13(21)8-19-17-14(16-18-19)10-4-2-1-3-5-10/h1-5,11H,6-9H2,(H,15,20). The quantitative estimate of drug-likeness (QED) is 0.763. The first-order valence-corrected chi connectivity index (χ1v) is 6.99. The monoisotopic (exact) mass is 301 g/mol. The third-order valence-electron chi connectivity index (χ3n) is 3.06. The number of carbonyl (C=O) groups excluding carboxylic acids is 2. The van der Waals surface area contributed by atoms with Crippen LogP contribution in [-0.4, -0.2) is 44.7 Å². The molecule has 0 spiro atoms. The lowest BCUT2D eigenvalue weighted by molar-refractivity contribution is -0.149. The molecule has 1 fully saturated rings. The molecule has 0 unspecified atom stereocenters. The number of esters is 1. The minimum atomic E-state index is -0.581. The molecule has 114 valence electrons. The Labute approximate surface area is 126 Å². The fourth-order valence-electron chi connectivity index (χ4n) is 1.82. The number of tetrazole rings is 1. The van der Waals surface area contributed by atoms with Gasteiger partial charge < -0.3 is 10.1 Å². The molecule has 0 bridgehead atoms. The highest BCUT2D eigenvalue weighted by Gasteiger charge is 2.23. The molecule has 1 aliphatic rings. The number of amides is 1. The van der Waals surface area contributed by atoms with E-state index in [1.807, 2.05) is 30.3 Å². The van der Waals surface area contributed by atoms with E-state index in [4.69, 9.17) is 4.74 Å². The summed E-state index contributed by atoms with van der Waals surface area (Å²) < 4.78 is 4.87. The van der Waals surface area contributed by atoms with Crippen LogP contribution < -0.4 is 5.32 Å². The zero-order valence-electron chi connectivity index (χ0n) is 11.8. The second-order valence-electron chi connectivity index (χ2n) is 5.01. The lowest BCUT2D eigenvalue weighted by Gasteiger charge is -2.04. The van der Waals surface area contributed by atoms with E-state index in [1.54, 1.807) is 0 Å². The van der Waals surface area contributed by atoms with E-state index in [-0.39, 0.29) is 25.1 Å². The summed E-state index contributed by atoms with van der Waals surface area (Å²) in [6.07, 6.45) is 1.98. The topological polar surface area (TPSA) is 99.0 Å². The Morgan fingerprint density at radius 1 is 1.27 bits per heavy atom. The largest absolute Gasteiger partial charge is 0.454 e. The van der Waals surface area contributed by atoms with Gasteiger partial charge in [0.05, 0.1) is 0 Å². The van der Waals surface area contributed by atoms with Gasteiger partial charge in [0.2, 0.25) is 5.82 Å². The number of carbonyl (C=O) groups is 2. The zero-order valence-corrected chi connectivity index (χ0v) is 11.8. The van der Waals surface area contributed by atoms with Crippen molar-refractivity contribution in [3.63, 3.8) is 0 Å². The van der Waals surface area contributed by atoms with Gasteiger partial charge in [-0.3, -0.25) is 4.79 Å². The maximum absolute atomic E-state index is 11.6. The molecule has 1 heterocycles. The van der Waals surface area contributed by atoms with Gasteiger partial charge in [-0.15, -0.1) is 10.2 Å². The van der Waals surface area contributed by atoms with Crippen LogP contribution in [0.2, 0.25) is 0 Å². The minimum Gasteiger partial charge on any atom is -0.454 e. The van der Waals surface area contributed by atoms with Crippen LogP contribution in [0.5, 0.6) is 0 Å². The summed E-state index contributed by atoms with van der Waals surface area (Å²) in [5.74, 6) is -0.435. The number of rotatable bonds is 6. The van der Waals surface area contributed by atoms with E-state index in [9.17, 15) is 9.59 Å². The summed E-state index contributed by atoms with van der Waals surface area (Å²) >= 11 is 0. The molecule has 0 radical (unpaired) electrons. The Bertz CT molecular complexity index is 666. The van der Waals surface area contributed by atoms with Crippen LogP contribution in [0.4, 0.5) is 0 Å². The van der Waals surface area contributed by atoms with Gasteiger partial charge in [-0.1, -0.05) is 30.3 Å². The maximum atomic E-state index is 11.6. The van der Waals surface area contributed by atoms with Crippen LogP contribution in [0.15, 0.2) is 30.3 Å². The van der Waals surface area contributed by atoms with Crippen LogP contribution >= 0.6 is 0 Å². The third kappa shape index (κ3) is 3.87. The van der Waals surface area contributed by atoms with E-state index in [0.29, 0.717) is 5.82 Å². The second-order valence-corrected chi connectivity index (χ2v) is 5.01. The number of aromatic nitrogens is 4. The fourth-order valence-corrected chi connectivity index (χ4v) is 1.82. The Morgan fingerprint density at radius 3 is 2.77 bits per heavy atom. The molecule has 0 atom stereocenters. The smallest absolute Gasteiger partial charge is 0.330 e. The predicted molar refractivity (Wildman–Crippen MR) is 75.4 cm³/mol. The number of nitrogens with zero attached hydrogens (tertiary/aromatic N) is 4. The number of benzene rings is 1. The molecule has 2 aromatic rings. The molecule has 1 amide bonds. The van der Waals surface area contributed by atoms with Crippen LogP contribution in [0.3, 0.4) is 0 Å². The first-order valence-electron chi connectivity index (χ1n) is 6.99. The molecule has 1 aromatic heterocycles. The maximum Gasteiger partial charge on any atom is 0.330 e. The summed E-state index contributed by atoms with van der Waals surface area (Å²) in [4.78, 5) is 24.2. The predicted octanol–water partition coefficient (Wildman–Crippen LogP) is 0.162. The normalized spacial score (nSPS) is 13.6. The van der Waals surface area contributed by atoms with Gasteiger partial charge in [0.15, 0.2) is 13.2 Å². The van der Waals surface area contributed by atoms with Gasteiger partial charge in [0, 0.05) is 11.6 Å². The Hall–Kier alpha value is -2.77. The van der Waals surface area contributed by atoms with E-state index in [2.05, 4.69) is 20.7 Å². The molecule has 1 saturated carbocycles. The number of hydrogen-bond donors (Lipinski definition) is 1. The highest BCUT2D eigenvalue weighted by molar-refractivity contribution is 5.80. The van der Waals surface area contributed by atoms with Crippen LogP contribution in [0, 0.1) is 0 Å². The van der Waals surface area contributed by atoms with Crippen molar-refractivity contribution in [1.82, 2.24) is 25.5 Å². The number of nitrogens with one attached hydrogen (secondary N) is 1. The molecule has 3 rings (SSSR count). The van der Waals surface area contributed by atoms with Crippen molar-refractivity contribution in [3.05, 3.63) is 30.3 Å². The lowest BCUT2D eigenvalue weighted by atomic mass is 10.2. The van der Waals surface area contributed by atoms with Crippen molar-refractivity contribution >= 4 is 11.9 Å². The molecule has 0 saturated heterocycles. The lowest BCUT2D eigenvalue weighted by Crippen LogP contribution is -2.31. The number of hydrogen-bond acceptors (Lipinski definition) is 6. The Balaban J connectivity index is 1.49. The SMILES string of the molecule is O=C(COC(=O)Cn1nnc(-c2ccccc2)n1)NC1CC1. The van der Waals surface area contributed by atoms with Gasteiger partial charge in [0.25, 0.3) is 5.91 Å². The molecule has 1 aromatic carbocycles. The van der Waals surface area contributed by atoms with E-state index < -0.39 is 5.97 Å². The third-order valence-corrected chi connectivity index (χ3v) is 3.06. The van der Waals surface area contributed by atoms with Gasteiger partial charge >= 0.3 is 5.97 Å². The Kier molecular flexibility index (Phi) is 4.08. The molecule has 8 heteroatoms. The van der Waals surface area contributed by atoms with E-state index in [1.165, 1.54) is 0 Å². The summed E-state index contributed by atoms with van der Waals surface area (Å²) in [5.41, 5.74) is 0.811. The summed E-state index contributed by atoms with van der Waals surface area (Å²) in [6, 6.07) is 9.56. The molecular formula is C14H15N5O3. The fraction of sp³-hybridized carbons (Fsp3) is 0.357. The van der Waals surface area contributed by atoms with Gasteiger partial charge in [-0.25, -0.2) is 4.79 Å². The summed E-state index contributed by atoms with van der Waals surface area (Å²) in [7, 11) is 0. The second kappa shape index (κ2) is 6.33. The molecular weight excluding hydrogens is 286 g/mol. The highest BCUT2D eigenvalue weighted by atomic mass is 16.5. The zero-order chi connectivity index (χ0) is 15.4. The summed E-state index contributed by atoms with van der Waals surface area (Å²) in [5, 5.41) is 14.5. The van der Waals surface area contributed by atoms with Crippen molar-refractivity contribution in [2.45, 2.75) is 25.4 Å². The van der Waals surface area contributed by atoms with Crippen molar-refractivity contribution in [2.75, 3.05) is 6.61 Å². The molecule has 0 aliphatic heterocycles.